The molecule has 0 aliphatic heterocycles. The number of hydrogen-bond acceptors (Lipinski definition) is 4. The zero-order valence-electron chi connectivity index (χ0n) is 18.7. The molecule has 2 aromatic carbocycles. The van der Waals surface area contributed by atoms with Gasteiger partial charge >= 0.3 is 0 Å². The monoisotopic (exact) mass is 550 g/mol. The van der Waals surface area contributed by atoms with E-state index in [1.54, 1.807) is 31.3 Å². The molecule has 0 radical (unpaired) electrons. The molecule has 2 rings (SSSR count). The normalized spacial score (nSPS) is 10.5. The number of halogens is 1. The third-order valence-corrected chi connectivity index (χ3v) is 4.31. The highest BCUT2D eigenvalue weighted by Crippen LogP contribution is 2.20. The van der Waals surface area contributed by atoms with E-state index in [2.05, 4.69) is 26.9 Å². The molecular weight excluding hydrogens is 519 g/mol. The molecule has 3 N–H and O–H groups in total. The van der Waals surface area contributed by atoms with Crippen LogP contribution in [0.2, 0.25) is 0 Å². The fourth-order valence-corrected chi connectivity index (χ4v) is 2.75. The first-order valence-electron chi connectivity index (χ1n) is 10.2. The Morgan fingerprint density at radius 1 is 1.16 bits per heavy atom. The van der Waals surface area contributed by atoms with E-state index in [1.165, 1.54) is 0 Å². The van der Waals surface area contributed by atoms with Gasteiger partial charge in [-0.2, -0.15) is 0 Å². The lowest BCUT2D eigenvalue weighted by Gasteiger charge is -2.15. The first kappa shape index (κ1) is 27.3. The predicted molar refractivity (Wildman–Crippen MR) is 140 cm³/mol. The first-order valence-corrected chi connectivity index (χ1v) is 10.2. The van der Waals surface area contributed by atoms with Crippen molar-refractivity contribution in [3.63, 3.8) is 0 Å². The van der Waals surface area contributed by atoms with E-state index in [0.717, 1.165) is 16.9 Å². The molecule has 7 nitrogen and oxygen atoms in total. The molecule has 0 unspecified atom stereocenters. The van der Waals surface area contributed by atoms with Gasteiger partial charge in [-0.15, -0.1) is 30.4 Å². The highest BCUT2D eigenvalue weighted by atomic mass is 127. The van der Waals surface area contributed by atoms with Crippen molar-refractivity contribution in [1.82, 2.24) is 10.6 Å². The van der Waals surface area contributed by atoms with Gasteiger partial charge in [-0.3, -0.25) is 9.79 Å². The van der Waals surface area contributed by atoms with Crippen LogP contribution in [0, 0.1) is 19.3 Å². The fraction of sp³-hybridized carbons (Fsp3) is 0.333. The van der Waals surface area contributed by atoms with Crippen molar-refractivity contribution in [3.8, 4) is 18.1 Å². The van der Waals surface area contributed by atoms with Gasteiger partial charge in [-0.05, 0) is 43.7 Å². The number of aryl methyl sites for hydroxylation is 1. The number of hydrogen-bond donors (Lipinski definition) is 3. The van der Waals surface area contributed by atoms with E-state index in [9.17, 15) is 4.79 Å². The number of nitrogens with one attached hydrogen (secondary N) is 3. The maximum Gasteiger partial charge on any atom is 0.243 e. The number of terminal acetylenes is 1. The molecule has 0 saturated carbocycles. The Morgan fingerprint density at radius 2 is 1.97 bits per heavy atom. The summed E-state index contributed by atoms with van der Waals surface area (Å²) in [4.78, 5) is 16.4. The lowest BCUT2D eigenvalue weighted by molar-refractivity contribution is -0.115. The van der Waals surface area contributed by atoms with Crippen LogP contribution in [0.5, 0.6) is 5.75 Å². The number of guanidine groups is 1. The number of anilines is 1. The minimum Gasteiger partial charge on any atom is -0.491 e. The molecule has 2 aromatic rings. The summed E-state index contributed by atoms with van der Waals surface area (Å²) in [6, 6.07) is 13.2. The minimum atomic E-state index is -0.201. The standard InChI is InChI=1S/C24H30N4O3.HI/c1-5-19-8-7-9-21(15-19)28-23(29)17-27-24(25-4)26-16-20-11-10-18(3)14-22(20)31-13-12-30-6-2;/h1,7-11,14-15H,6,12-13,16-17H2,2-4H3,(H,28,29)(H2,25,26,27);1H. The number of carbonyl (C=O) groups is 1. The smallest absolute Gasteiger partial charge is 0.243 e. The van der Waals surface area contributed by atoms with Gasteiger partial charge < -0.3 is 25.4 Å². The summed E-state index contributed by atoms with van der Waals surface area (Å²) in [7, 11) is 1.65. The second-order valence-corrected chi connectivity index (χ2v) is 6.71. The maximum atomic E-state index is 12.2. The molecule has 0 aliphatic carbocycles. The van der Waals surface area contributed by atoms with E-state index in [1.807, 2.05) is 32.0 Å². The molecule has 0 spiro atoms. The van der Waals surface area contributed by atoms with Gasteiger partial charge in [0.25, 0.3) is 0 Å². The zero-order valence-corrected chi connectivity index (χ0v) is 21.1. The zero-order chi connectivity index (χ0) is 22.5. The van der Waals surface area contributed by atoms with Gasteiger partial charge in [-0.25, -0.2) is 0 Å². The molecule has 0 saturated heterocycles. The van der Waals surface area contributed by atoms with Crippen LogP contribution >= 0.6 is 24.0 Å². The predicted octanol–water partition coefficient (Wildman–Crippen LogP) is 3.31. The molecule has 0 aromatic heterocycles. The third kappa shape index (κ3) is 9.58. The van der Waals surface area contributed by atoms with E-state index in [4.69, 9.17) is 15.9 Å². The van der Waals surface area contributed by atoms with Crippen molar-refractivity contribution >= 4 is 41.5 Å². The quantitative estimate of drug-likeness (QED) is 0.139. The number of ether oxygens (including phenoxy) is 2. The van der Waals surface area contributed by atoms with Crippen LogP contribution in [0.3, 0.4) is 0 Å². The summed E-state index contributed by atoms with van der Waals surface area (Å²) in [6.07, 6.45) is 5.39. The Bertz CT molecular complexity index is 941. The Kier molecular flexibility index (Phi) is 12.9. The van der Waals surface area contributed by atoms with Gasteiger partial charge in [0.15, 0.2) is 5.96 Å². The summed E-state index contributed by atoms with van der Waals surface area (Å²) in [6.45, 7) is 6.22. The topological polar surface area (TPSA) is 84.0 Å². The Balaban J connectivity index is 0.00000512. The van der Waals surface area contributed by atoms with Gasteiger partial charge in [0.2, 0.25) is 5.91 Å². The third-order valence-electron chi connectivity index (χ3n) is 4.31. The molecule has 0 fully saturated rings. The molecule has 0 atom stereocenters. The lowest BCUT2D eigenvalue weighted by atomic mass is 10.1. The first-order chi connectivity index (χ1) is 15.0. The van der Waals surface area contributed by atoms with Crippen LogP contribution in [-0.4, -0.2) is 45.3 Å². The second kappa shape index (κ2) is 15.1. The van der Waals surface area contributed by atoms with E-state index < -0.39 is 0 Å². The summed E-state index contributed by atoms with van der Waals surface area (Å²) in [5.74, 6) is 3.65. The van der Waals surface area contributed by atoms with Crippen LogP contribution in [0.4, 0.5) is 5.69 Å². The molecular formula is C24H31IN4O3. The number of nitrogens with zero attached hydrogens (tertiary/aromatic N) is 1. The molecule has 0 heterocycles. The number of amides is 1. The molecule has 172 valence electrons. The highest BCUT2D eigenvalue weighted by Gasteiger charge is 2.08. The Morgan fingerprint density at radius 3 is 2.69 bits per heavy atom. The maximum absolute atomic E-state index is 12.2. The lowest BCUT2D eigenvalue weighted by Crippen LogP contribution is -2.41. The summed E-state index contributed by atoms with van der Waals surface area (Å²) in [5, 5.41) is 9.02. The summed E-state index contributed by atoms with van der Waals surface area (Å²) < 4.78 is 11.2. The molecule has 0 bridgehead atoms. The van der Waals surface area contributed by atoms with Crippen molar-refractivity contribution < 1.29 is 14.3 Å². The molecule has 0 aliphatic rings. The van der Waals surface area contributed by atoms with Gasteiger partial charge in [0.05, 0.1) is 13.2 Å². The van der Waals surface area contributed by atoms with Gasteiger partial charge in [-0.1, -0.05) is 24.1 Å². The van der Waals surface area contributed by atoms with Crippen molar-refractivity contribution in [2.24, 2.45) is 4.99 Å². The SMILES string of the molecule is C#Cc1cccc(NC(=O)CNC(=NC)NCc2ccc(C)cc2OCCOCC)c1.I. The molecule has 32 heavy (non-hydrogen) atoms. The summed E-state index contributed by atoms with van der Waals surface area (Å²) >= 11 is 0. The molecule has 8 heteroatoms. The highest BCUT2D eigenvalue weighted by molar-refractivity contribution is 14.0. The Hall–Kier alpha value is -2.77. The Labute approximate surface area is 207 Å². The van der Waals surface area contributed by atoms with E-state index >= 15 is 0 Å². The van der Waals surface area contributed by atoms with Gasteiger partial charge in [0.1, 0.15) is 12.4 Å². The molecule has 1 amide bonds. The van der Waals surface area contributed by atoms with Crippen molar-refractivity contribution in [3.05, 3.63) is 59.2 Å². The van der Waals surface area contributed by atoms with Crippen LogP contribution in [-0.2, 0) is 16.1 Å². The number of benzene rings is 2. The van der Waals surface area contributed by atoms with Crippen LogP contribution in [0.25, 0.3) is 0 Å². The average molecular weight is 550 g/mol. The largest absolute Gasteiger partial charge is 0.491 e. The fourth-order valence-electron chi connectivity index (χ4n) is 2.75. The minimum absolute atomic E-state index is 0. The number of carbonyl (C=O) groups excluding carboxylic acids is 1. The second-order valence-electron chi connectivity index (χ2n) is 6.71. The van der Waals surface area contributed by atoms with Crippen molar-refractivity contribution in [2.75, 3.05) is 38.7 Å². The van der Waals surface area contributed by atoms with Gasteiger partial charge in [0, 0.05) is 37.0 Å². The van der Waals surface area contributed by atoms with E-state index in [-0.39, 0.29) is 36.4 Å². The van der Waals surface area contributed by atoms with Crippen molar-refractivity contribution in [1.29, 1.82) is 0 Å². The van der Waals surface area contributed by atoms with Crippen LogP contribution in [0.15, 0.2) is 47.5 Å². The summed E-state index contributed by atoms with van der Waals surface area (Å²) in [5.41, 5.74) is 3.46. The number of aliphatic imine (C=N–C) groups is 1. The van der Waals surface area contributed by atoms with Crippen LogP contribution < -0.4 is 20.7 Å². The van der Waals surface area contributed by atoms with Crippen LogP contribution in [0.1, 0.15) is 23.6 Å². The van der Waals surface area contributed by atoms with Crippen molar-refractivity contribution in [2.45, 2.75) is 20.4 Å². The number of rotatable bonds is 10. The van der Waals surface area contributed by atoms with E-state index in [0.29, 0.717) is 43.6 Å². The average Bonchev–Trinajstić information content (AvgIpc) is 2.78.